The Morgan fingerprint density at radius 3 is 2.33 bits per heavy atom. The van der Waals surface area contributed by atoms with E-state index in [-0.39, 0.29) is 17.6 Å². The summed E-state index contributed by atoms with van der Waals surface area (Å²) in [6.07, 6.45) is 2.99. The number of amides is 2. The van der Waals surface area contributed by atoms with Gasteiger partial charge in [-0.05, 0) is 19.1 Å². The molecule has 2 aromatic rings. The first kappa shape index (κ1) is 13.4. The van der Waals surface area contributed by atoms with Crippen molar-refractivity contribution in [3.8, 4) is 0 Å². The second-order valence-corrected chi connectivity index (χ2v) is 4.90. The lowest BCUT2D eigenvalue weighted by Gasteiger charge is -2.33. The Morgan fingerprint density at radius 1 is 1.14 bits per heavy atom. The van der Waals surface area contributed by atoms with Gasteiger partial charge in [0.05, 0.1) is 12.5 Å². The van der Waals surface area contributed by atoms with E-state index in [1.807, 2.05) is 0 Å². The number of furan rings is 1. The van der Waals surface area contributed by atoms with E-state index in [1.54, 1.807) is 28.9 Å². The zero-order valence-electron chi connectivity index (χ0n) is 11.6. The summed E-state index contributed by atoms with van der Waals surface area (Å²) in [6.45, 7) is 3.65. The van der Waals surface area contributed by atoms with Gasteiger partial charge in [-0.25, -0.2) is 0 Å². The van der Waals surface area contributed by atoms with Crippen molar-refractivity contribution in [2.24, 2.45) is 0 Å². The number of aryl methyl sites for hydroxylation is 1. The maximum absolute atomic E-state index is 12.3. The van der Waals surface area contributed by atoms with Crippen LogP contribution in [0.5, 0.6) is 0 Å². The Labute approximate surface area is 121 Å². The van der Waals surface area contributed by atoms with Crippen molar-refractivity contribution >= 4 is 11.8 Å². The molecule has 0 saturated carbocycles. The maximum Gasteiger partial charge on any atom is 0.292 e. The summed E-state index contributed by atoms with van der Waals surface area (Å²) in [4.78, 5) is 27.7. The molecule has 0 spiro atoms. The second-order valence-electron chi connectivity index (χ2n) is 4.90. The van der Waals surface area contributed by atoms with E-state index < -0.39 is 0 Å². The van der Waals surface area contributed by atoms with Crippen molar-refractivity contribution in [2.75, 3.05) is 26.2 Å². The molecule has 7 nitrogen and oxygen atoms in total. The highest BCUT2D eigenvalue weighted by atomic mass is 16.5. The van der Waals surface area contributed by atoms with E-state index in [9.17, 15) is 9.59 Å². The molecule has 21 heavy (non-hydrogen) atoms. The van der Waals surface area contributed by atoms with E-state index in [4.69, 9.17) is 8.94 Å². The molecule has 1 saturated heterocycles. The SMILES string of the molecule is Cc1cnoc1C(=O)N1CCN(C(=O)c2ccco2)CC1. The minimum Gasteiger partial charge on any atom is -0.459 e. The van der Waals surface area contributed by atoms with E-state index in [0.29, 0.717) is 37.5 Å². The van der Waals surface area contributed by atoms with Crippen LogP contribution in [0.2, 0.25) is 0 Å². The van der Waals surface area contributed by atoms with Crippen LogP contribution in [0, 0.1) is 6.92 Å². The van der Waals surface area contributed by atoms with E-state index in [2.05, 4.69) is 5.16 Å². The predicted octanol–water partition coefficient (Wildman–Crippen LogP) is 1.17. The Balaban J connectivity index is 1.62. The molecule has 0 radical (unpaired) electrons. The van der Waals surface area contributed by atoms with Gasteiger partial charge in [0.15, 0.2) is 5.76 Å². The fourth-order valence-electron chi connectivity index (χ4n) is 2.31. The number of hydrogen-bond donors (Lipinski definition) is 0. The van der Waals surface area contributed by atoms with Crippen molar-refractivity contribution in [1.82, 2.24) is 15.0 Å². The highest BCUT2D eigenvalue weighted by molar-refractivity contribution is 5.93. The van der Waals surface area contributed by atoms with Gasteiger partial charge in [0.25, 0.3) is 11.8 Å². The first-order valence-electron chi connectivity index (χ1n) is 6.70. The Kier molecular flexibility index (Phi) is 3.47. The molecule has 1 aliphatic rings. The lowest BCUT2D eigenvalue weighted by atomic mass is 10.2. The maximum atomic E-state index is 12.3. The molecule has 0 aromatic carbocycles. The number of rotatable bonds is 2. The summed E-state index contributed by atoms with van der Waals surface area (Å²) < 4.78 is 10.1. The van der Waals surface area contributed by atoms with Crippen LogP contribution >= 0.6 is 0 Å². The number of piperazine rings is 1. The van der Waals surface area contributed by atoms with Gasteiger partial charge in [-0.15, -0.1) is 0 Å². The van der Waals surface area contributed by atoms with E-state index in [1.165, 1.54) is 12.5 Å². The van der Waals surface area contributed by atoms with E-state index in [0.717, 1.165) is 0 Å². The fraction of sp³-hybridized carbons (Fsp3) is 0.357. The molecule has 3 rings (SSSR count). The second kappa shape index (κ2) is 5.43. The summed E-state index contributed by atoms with van der Waals surface area (Å²) in [5, 5.41) is 3.62. The minimum absolute atomic E-state index is 0.150. The summed E-state index contributed by atoms with van der Waals surface area (Å²) >= 11 is 0. The fourth-order valence-corrected chi connectivity index (χ4v) is 2.31. The van der Waals surface area contributed by atoms with Gasteiger partial charge in [-0.2, -0.15) is 0 Å². The van der Waals surface area contributed by atoms with Crippen LogP contribution < -0.4 is 0 Å². The predicted molar refractivity (Wildman–Crippen MR) is 71.8 cm³/mol. The number of carbonyl (C=O) groups is 2. The summed E-state index contributed by atoms with van der Waals surface area (Å²) in [5.74, 6) is 0.250. The Morgan fingerprint density at radius 2 is 1.81 bits per heavy atom. The van der Waals surface area contributed by atoms with Crippen LogP contribution in [0.1, 0.15) is 26.7 Å². The molecular weight excluding hydrogens is 274 g/mol. The van der Waals surface area contributed by atoms with Crippen LogP contribution in [0.15, 0.2) is 33.5 Å². The van der Waals surface area contributed by atoms with Gasteiger partial charge in [-0.1, -0.05) is 5.16 Å². The minimum atomic E-state index is -0.185. The molecule has 3 heterocycles. The average Bonchev–Trinajstić information content (AvgIpc) is 3.17. The van der Waals surface area contributed by atoms with E-state index >= 15 is 0 Å². The summed E-state index contributed by atoms with van der Waals surface area (Å²) in [5.41, 5.74) is 0.717. The normalized spacial score (nSPS) is 15.3. The van der Waals surface area contributed by atoms with Crippen molar-refractivity contribution < 1.29 is 18.5 Å². The molecule has 7 heteroatoms. The molecule has 0 bridgehead atoms. The zero-order valence-corrected chi connectivity index (χ0v) is 11.6. The van der Waals surface area contributed by atoms with Crippen LogP contribution in [0.25, 0.3) is 0 Å². The van der Waals surface area contributed by atoms with Gasteiger partial charge >= 0.3 is 0 Å². The van der Waals surface area contributed by atoms with Gasteiger partial charge in [0, 0.05) is 31.7 Å². The highest BCUT2D eigenvalue weighted by Crippen LogP contribution is 2.14. The van der Waals surface area contributed by atoms with Gasteiger partial charge < -0.3 is 18.7 Å². The third-order valence-corrected chi connectivity index (χ3v) is 3.53. The average molecular weight is 289 g/mol. The van der Waals surface area contributed by atoms with Gasteiger partial charge in [0.2, 0.25) is 5.76 Å². The van der Waals surface area contributed by atoms with Crippen molar-refractivity contribution in [3.63, 3.8) is 0 Å². The van der Waals surface area contributed by atoms with Crippen LogP contribution in [-0.2, 0) is 0 Å². The highest BCUT2D eigenvalue weighted by Gasteiger charge is 2.28. The Hall–Kier alpha value is -2.57. The van der Waals surface area contributed by atoms with Crippen LogP contribution in [-0.4, -0.2) is 52.9 Å². The summed E-state index contributed by atoms with van der Waals surface area (Å²) in [7, 11) is 0. The molecule has 2 amide bonds. The monoisotopic (exact) mass is 289 g/mol. The zero-order chi connectivity index (χ0) is 14.8. The third-order valence-electron chi connectivity index (χ3n) is 3.53. The first-order chi connectivity index (χ1) is 10.2. The summed E-state index contributed by atoms with van der Waals surface area (Å²) in [6, 6.07) is 3.32. The molecule has 1 aliphatic heterocycles. The molecule has 110 valence electrons. The largest absolute Gasteiger partial charge is 0.459 e. The Bertz CT molecular complexity index is 639. The van der Waals surface area contributed by atoms with Gasteiger partial charge in [0.1, 0.15) is 0 Å². The molecule has 2 aromatic heterocycles. The molecule has 0 N–H and O–H groups in total. The number of carbonyl (C=O) groups excluding carboxylic acids is 2. The third kappa shape index (κ3) is 2.54. The molecule has 1 fully saturated rings. The number of aromatic nitrogens is 1. The standard InChI is InChI=1S/C14H15N3O4/c1-10-9-15-21-12(10)14(19)17-6-4-16(5-7-17)13(18)11-3-2-8-20-11/h2-3,8-9H,4-7H2,1H3. The van der Waals surface area contributed by atoms with Crippen molar-refractivity contribution in [1.29, 1.82) is 0 Å². The molecule has 0 atom stereocenters. The molecule has 0 aliphatic carbocycles. The smallest absolute Gasteiger partial charge is 0.292 e. The lowest BCUT2D eigenvalue weighted by Crippen LogP contribution is -2.50. The van der Waals surface area contributed by atoms with Gasteiger partial charge in [-0.3, -0.25) is 9.59 Å². The molecule has 0 unspecified atom stereocenters. The first-order valence-corrected chi connectivity index (χ1v) is 6.70. The number of nitrogens with zero attached hydrogens (tertiary/aromatic N) is 3. The van der Waals surface area contributed by atoms with Crippen molar-refractivity contribution in [3.05, 3.63) is 41.7 Å². The van der Waals surface area contributed by atoms with Crippen LogP contribution in [0.3, 0.4) is 0 Å². The quantitative estimate of drug-likeness (QED) is 0.829. The topological polar surface area (TPSA) is 79.8 Å². The molecular formula is C14H15N3O4. The number of hydrogen-bond acceptors (Lipinski definition) is 5. The van der Waals surface area contributed by atoms with Crippen LogP contribution in [0.4, 0.5) is 0 Å². The lowest BCUT2D eigenvalue weighted by molar-refractivity contribution is 0.0496. The van der Waals surface area contributed by atoms with Crippen molar-refractivity contribution in [2.45, 2.75) is 6.92 Å².